The number of carbonyl (C=O) groups is 1. The summed E-state index contributed by atoms with van der Waals surface area (Å²) in [4.78, 5) is 26.8. The molecule has 1 saturated heterocycles. The molecule has 1 amide bonds. The molecule has 3 rings (SSSR count). The minimum Gasteiger partial charge on any atom is -0.497 e. The molecule has 1 fully saturated rings. The van der Waals surface area contributed by atoms with Crippen molar-refractivity contribution >= 4 is 28.9 Å². The number of amides is 1. The second-order valence-corrected chi connectivity index (χ2v) is 6.66. The number of hydrogen-bond acceptors (Lipinski definition) is 6. The van der Waals surface area contributed by atoms with Crippen molar-refractivity contribution in [2.45, 2.75) is 0 Å². The predicted molar refractivity (Wildman–Crippen MR) is 105 cm³/mol. The van der Waals surface area contributed by atoms with Crippen molar-refractivity contribution < 1.29 is 19.2 Å². The Bertz CT molecular complexity index is 851. The lowest BCUT2D eigenvalue weighted by atomic mass is 10.2. The van der Waals surface area contributed by atoms with Crippen molar-refractivity contribution in [3.05, 3.63) is 57.6 Å². The van der Waals surface area contributed by atoms with Gasteiger partial charge in [0.05, 0.1) is 12.0 Å². The molecule has 0 radical (unpaired) electrons. The first-order valence-corrected chi connectivity index (χ1v) is 9.09. The van der Waals surface area contributed by atoms with Gasteiger partial charge in [0.25, 0.3) is 5.91 Å². The zero-order valence-corrected chi connectivity index (χ0v) is 16.1. The van der Waals surface area contributed by atoms with Gasteiger partial charge in [0.15, 0.2) is 12.4 Å². The zero-order chi connectivity index (χ0) is 20.1. The maximum absolute atomic E-state index is 12.4. The number of nitro benzene ring substituents is 1. The molecule has 0 atom stereocenters. The molecule has 0 N–H and O–H groups in total. The summed E-state index contributed by atoms with van der Waals surface area (Å²) in [6.07, 6.45) is 0. The standard InChI is InChI=1S/C19H20ClN3O5/c1-27-16-5-3-15(4-6-16)21-8-10-22(11-9-21)19(24)13-28-18-7-2-14(20)12-17(18)23(25)26/h2-7,12H,8-11,13H2,1H3. The number of anilines is 1. The molecule has 2 aromatic rings. The second-order valence-electron chi connectivity index (χ2n) is 6.22. The summed E-state index contributed by atoms with van der Waals surface area (Å²) in [6, 6.07) is 11.9. The molecule has 1 aliphatic heterocycles. The second kappa shape index (κ2) is 8.79. The molecule has 1 aliphatic rings. The molecule has 148 valence electrons. The van der Waals surface area contributed by atoms with Crippen LogP contribution in [0.1, 0.15) is 0 Å². The summed E-state index contributed by atoms with van der Waals surface area (Å²) in [5.41, 5.74) is 0.811. The molecule has 0 saturated carbocycles. The Labute approximate surface area is 167 Å². The number of ether oxygens (including phenoxy) is 2. The van der Waals surface area contributed by atoms with E-state index in [1.807, 2.05) is 24.3 Å². The van der Waals surface area contributed by atoms with Crippen LogP contribution in [0.3, 0.4) is 0 Å². The Hall–Kier alpha value is -3.00. The van der Waals surface area contributed by atoms with E-state index in [4.69, 9.17) is 21.1 Å². The van der Waals surface area contributed by atoms with E-state index < -0.39 is 4.92 Å². The summed E-state index contributed by atoms with van der Waals surface area (Å²) < 4.78 is 10.5. The number of halogens is 1. The van der Waals surface area contributed by atoms with Gasteiger partial charge >= 0.3 is 5.69 Å². The molecule has 0 bridgehead atoms. The fraction of sp³-hybridized carbons (Fsp3) is 0.316. The highest BCUT2D eigenvalue weighted by molar-refractivity contribution is 6.30. The van der Waals surface area contributed by atoms with Gasteiger partial charge < -0.3 is 19.3 Å². The smallest absolute Gasteiger partial charge is 0.312 e. The number of nitro groups is 1. The third kappa shape index (κ3) is 4.64. The van der Waals surface area contributed by atoms with Crippen LogP contribution in [0.4, 0.5) is 11.4 Å². The van der Waals surface area contributed by atoms with E-state index in [-0.39, 0.29) is 29.0 Å². The Balaban J connectivity index is 1.53. The molecule has 0 spiro atoms. The Morgan fingerprint density at radius 1 is 1.14 bits per heavy atom. The van der Waals surface area contributed by atoms with Crippen LogP contribution < -0.4 is 14.4 Å². The van der Waals surface area contributed by atoms with E-state index in [9.17, 15) is 14.9 Å². The van der Waals surface area contributed by atoms with E-state index in [1.165, 1.54) is 18.2 Å². The molecular weight excluding hydrogens is 386 g/mol. The number of methoxy groups -OCH3 is 1. The maximum atomic E-state index is 12.4. The van der Waals surface area contributed by atoms with Gasteiger partial charge in [0, 0.05) is 43.0 Å². The van der Waals surface area contributed by atoms with Crippen LogP contribution in [0.5, 0.6) is 11.5 Å². The van der Waals surface area contributed by atoms with Gasteiger partial charge in [-0.25, -0.2) is 0 Å². The third-order valence-corrected chi connectivity index (χ3v) is 4.77. The van der Waals surface area contributed by atoms with Crippen LogP contribution in [0, 0.1) is 10.1 Å². The van der Waals surface area contributed by atoms with Gasteiger partial charge in [-0.05, 0) is 36.4 Å². The Morgan fingerprint density at radius 3 is 2.43 bits per heavy atom. The van der Waals surface area contributed by atoms with Gasteiger partial charge in [0.1, 0.15) is 5.75 Å². The molecule has 2 aromatic carbocycles. The Morgan fingerprint density at radius 2 is 1.82 bits per heavy atom. The highest BCUT2D eigenvalue weighted by Gasteiger charge is 2.23. The first kappa shape index (κ1) is 19.8. The SMILES string of the molecule is COc1ccc(N2CCN(C(=O)COc3ccc(Cl)cc3[N+](=O)[O-])CC2)cc1. The molecule has 0 unspecified atom stereocenters. The van der Waals surface area contributed by atoms with E-state index in [1.54, 1.807) is 12.0 Å². The number of rotatable bonds is 6. The quantitative estimate of drug-likeness (QED) is 0.542. The fourth-order valence-electron chi connectivity index (χ4n) is 2.99. The summed E-state index contributed by atoms with van der Waals surface area (Å²) in [6.45, 7) is 2.23. The highest BCUT2D eigenvalue weighted by atomic mass is 35.5. The molecule has 8 nitrogen and oxygen atoms in total. The molecule has 1 heterocycles. The normalized spacial score (nSPS) is 13.9. The van der Waals surface area contributed by atoms with Gasteiger partial charge in [-0.2, -0.15) is 0 Å². The van der Waals surface area contributed by atoms with Gasteiger partial charge in [-0.15, -0.1) is 0 Å². The molecule has 0 aliphatic carbocycles. The van der Waals surface area contributed by atoms with Gasteiger partial charge in [-0.3, -0.25) is 14.9 Å². The number of benzene rings is 2. The summed E-state index contributed by atoms with van der Waals surface area (Å²) >= 11 is 5.78. The van der Waals surface area contributed by atoms with E-state index in [0.29, 0.717) is 26.2 Å². The number of hydrogen-bond donors (Lipinski definition) is 0. The number of piperazine rings is 1. The fourth-order valence-corrected chi connectivity index (χ4v) is 3.16. The molecular formula is C19H20ClN3O5. The number of nitrogens with zero attached hydrogens (tertiary/aromatic N) is 3. The zero-order valence-electron chi connectivity index (χ0n) is 15.3. The lowest BCUT2D eigenvalue weighted by molar-refractivity contribution is -0.385. The largest absolute Gasteiger partial charge is 0.497 e. The monoisotopic (exact) mass is 405 g/mol. The summed E-state index contributed by atoms with van der Waals surface area (Å²) in [7, 11) is 1.63. The van der Waals surface area contributed by atoms with Crippen LogP contribution in [0.15, 0.2) is 42.5 Å². The van der Waals surface area contributed by atoms with Crippen LogP contribution in [0.2, 0.25) is 5.02 Å². The van der Waals surface area contributed by atoms with Crippen LogP contribution in [0.25, 0.3) is 0 Å². The van der Waals surface area contributed by atoms with Crippen molar-refractivity contribution in [3.8, 4) is 11.5 Å². The van der Waals surface area contributed by atoms with Crippen LogP contribution in [-0.2, 0) is 4.79 Å². The first-order valence-electron chi connectivity index (χ1n) is 8.71. The van der Waals surface area contributed by atoms with Gasteiger partial charge in [-0.1, -0.05) is 11.6 Å². The highest BCUT2D eigenvalue weighted by Crippen LogP contribution is 2.30. The average molecular weight is 406 g/mol. The molecule has 9 heteroatoms. The minimum atomic E-state index is -0.584. The number of carbonyl (C=O) groups excluding carboxylic acids is 1. The minimum absolute atomic E-state index is 0.0274. The van der Waals surface area contributed by atoms with Crippen molar-refractivity contribution in [2.24, 2.45) is 0 Å². The maximum Gasteiger partial charge on any atom is 0.312 e. The van der Waals surface area contributed by atoms with E-state index >= 15 is 0 Å². The molecule has 28 heavy (non-hydrogen) atoms. The van der Waals surface area contributed by atoms with Crippen molar-refractivity contribution in [1.82, 2.24) is 4.90 Å². The predicted octanol–water partition coefficient (Wildman–Crippen LogP) is 2.98. The molecule has 0 aromatic heterocycles. The Kier molecular flexibility index (Phi) is 6.20. The van der Waals surface area contributed by atoms with Crippen molar-refractivity contribution in [2.75, 3.05) is 44.8 Å². The van der Waals surface area contributed by atoms with Crippen LogP contribution >= 0.6 is 11.6 Å². The van der Waals surface area contributed by atoms with E-state index in [0.717, 1.165) is 11.4 Å². The average Bonchev–Trinajstić information content (AvgIpc) is 2.72. The lowest BCUT2D eigenvalue weighted by Crippen LogP contribution is -2.50. The van der Waals surface area contributed by atoms with Crippen LogP contribution in [-0.4, -0.2) is 55.6 Å². The first-order chi connectivity index (χ1) is 13.5. The van der Waals surface area contributed by atoms with Crippen molar-refractivity contribution in [3.63, 3.8) is 0 Å². The topological polar surface area (TPSA) is 85.2 Å². The summed E-state index contributed by atoms with van der Waals surface area (Å²) in [5, 5.41) is 11.3. The lowest BCUT2D eigenvalue weighted by Gasteiger charge is -2.36. The van der Waals surface area contributed by atoms with E-state index in [2.05, 4.69) is 4.90 Å². The van der Waals surface area contributed by atoms with Crippen molar-refractivity contribution in [1.29, 1.82) is 0 Å². The third-order valence-electron chi connectivity index (χ3n) is 4.54. The summed E-state index contributed by atoms with van der Waals surface area (Å²) in [5.74, 6) is 0.615. The van der Waals surface area contributed by atoms with Gasteiger partial charge in [0.2, 0.25) is 0 Å².